The number of halogens is 1. The molecule has 2 aromatic rings. The topological polar surface area (TPSA) is 70.7 Å². The third-order valence-electron chi connectivity index (χ3n) is 5.24. The molecule has 2 heterocycles. The molecular weight excluding hydrogens is 402 g/mol. The van der Waals surface area contributed by atoms with Crippen molar-refractivity contribution in [1.82, 2.24) is 10.2 Å². The number of fused-ring (bicyclic) bond motifs is 1. The molecule has 6 nitrogen and oxygen atoms in total. The van der Waals surface area contributed by atoms with Crippen LogP contribution in [0.15, 0.2) is 48.2 Å². The van der Waals surface area contributed by atoms with Crippen molar-refractivity contribution in [3.05, 3.63) is 64.4 Å². The number of carbonyl (C=O) groups excluding carboxylic acids is 2. The molecule has 2 aliphatic rings. The number of nitrogens with one attached hydrogen (secondary N) is 2. The average Bonchev–Trinajstić information content (AvgIpc) is 3.26. The third-order valence-corrected chi connectivity index (χ3v) is 5.49. The van der Waals surface area contributed by atoms with E-state index >= 15 is 0 Å². The first-order valence-electron chi connectivity index (χ1n) is 10.2. The first-order chi connectivity index (χ1) is 14.6. The standard InChI is InChI=1S/C23H24ClN3O3/c24-18-7-4-16(5-8-18)14-21-23(29)26-19-15-17(6-9-20(19)30-21)22(28)25-10-3-13-27-11-1-2-12-27/h4-9,14-15H,1-3,10-13H2,(H,25,28)(H,26,29). The number of hydrogen-bond donors (Lipinski definition) is 2. The molecule has 7 heteroatoms. The first-order valence-corrected chi connectivity index (χ1v) is 10.6. The lowest BCUT2D eigenvalue weighted by Gasteiger charge is -2.20. The van der Waals surface area contributed by atoms with Crippen LogP contribution in [-0.4, -0.2) is 42.9 Å². The zero-order valence-electron chi connectivity index (χ0n) is 16.6. The first kappa shape index (κ1) is 20.4. The number of anilines is 1. The van der Waals surface area contributed by atoms with Gasteiger partial charge in [0.25, 0.3) is 11.8 Å². The van der Waals surface area contributed by atoms with Crippen molar-refractivity contribution >= 4 is 35.2 Å². The van der Waals surface area contributed by atoms with Crippen LogP contribution in [0.4, 0.5) is 5.69 Å². The van der Waals surface area contributed by atoms with Gasteiger partial charge in [-0.05, 0) is 80.9 Å². The molecule has 30 heavy (non-hydrogen) atoms. The maximum absolute atomic E-state index is 12.4. The van der Waals surface area contributed by atoms with Crippen LogP contribution in [0.3, 0.4) is 0 Å². The van der Waals surface area contributed by atoms with Crippen molar-refractivity contribution < 1.29 is 14.3 Å². The molecular formula is C23H24ClN3O3. The summed E-state index contributed by atoms with van der Waals surface area (Å²) in [5, 5.41) is 6.37. The normalized spacial score (nSPS) is 17.4. The number of carbonyl (C=O) groups is 2. The van der Waals surface area contributed by atoms with Crippen molar-refractivity contribution in [3.63, 3.8) is 0 Å². The van der Waals surface area contributed by atoms with Gasteiger partial charge in [-0.1, -0.05) is 23.7 Å². The number of rotatable bonds is 6. The molecule has 0 aromatic heterocycles. The highest BCUT2D eigenvalue weighted by atomic mass is 35.5. The van der Waals surface area contributed by atoms with Crippen molar-refractivity contribution in [2.24, 2.45) is 0 Å². The lowest BCUT2D eigenvalue weighted by molar-refractivity contribution is -0.115. The minimum Gasteiger partial charge on any atom is -0.449 e. The van der Waals surface area contributed by atoms with Crippen LogP contribution < -0.4 is 15.4 Å². The Hall–Kier alpha value is -2.83. The fourth-order valence-corrected chi connectivity index (χ4v) is 3.75. The van der Waals surface area contributed by atoms with Gasteiger partial charge in [0.1, 0.15) is 0 Å². The summed E-state index contributed by atoms with van der Waals surface area (Å²) in [5.74, 6) is 0.168. The number of ether oxygens (including phenoxy) is 1. The Balaban J connectivity index is 1.37. The number of hydrogen-bond acceptors (Lipinski definition) is 4. The Bertz CT molecular complexity index is 966. The van der Waals surface area contributed by atoms with E-state index in [2.05, 4.69) is 15.5 Å². The number of nitrogens with zero attached hydrogens (tertiary/aromatic N) is 1. The van der Waals surface area contributed by atoms with Gasteiger partial charge in [-0.2, -0.15) is 0 Å². The zero-order chi connectivity index (χ0) is 20.9. The molecule has 2 amide bonds. The fraction of sp³-hybridized carbons (Fsp3) is 0.304. The summed E-state index contributed by atoms with van der Waals surface area (Å²) in [6.07, 6.45) is 5.11. The minimum atomic E-state index is -0.361. The Labute approximate surface area is 180 Å². The molecule has 1 saturated heterocycles. The summed E-state index contributed by atoms with van der Waals surface area (Å²) in [5.41, 5.74) is 1.78. The lowest BCUT2D eigenvalue weighted by atomic mass is 10.1. The Kier molecular flexibility index (Phi) is 6.35. The van der Waals surface area contributed by atoms with E-state index in [9.17, 15) is 9.59 Å². The second kappa shape index (κ2) is 9.32. The molecule has 0 aliphatic carbocycles. The number of likely N-dealkylation sites (tertiary alicyclic amines) is 1. The molecule has 2 N–H and O–H groups in total. The molecule has 2 aliphatic heterocycles. The Morgan fingerprint density at radius 3 is 2.70 bits per heavy atom. The van der Waals surface area contributed by atoms with Gasteiger partial charge in [-0.25, -0.2) is 0 Å². The van der Waals surface area contributed by atoms with E-state index in [4.69, 9.17) is 16.3 Å². The van der Waals surface area contributed by atoms with E-state index in [1.807, 2.05) is 0 Å². The SMILES string of the molecule is O=C1Nc2cc(C(=O)NCCCN3CCCC3)ccc2OC1=Cc1ccc(Cl)cc1. The maximum atomic E-state index is 12.4. The smallest absolute Gasteiger partial charge is 0.291 e. The number of amides is 2. The minimum absolute atomic E-state index is 0.157. The molecule has 4 rings (SSSR count). The van der Waals surface area contributed by atoms with Crippen LogP contribution in [0.2, 0.25) is 5.02 Å². The predicted molar refractivity (Wildman–Crippen MR) is 118 cm³/mol. The van der Waals surface area contributed by atoms with Crippen LogP contribution in [0.25, 0.3) is 6.08 Å². The number of benzene rings is 2. The maximum Gasteiger partial charge on any atom is 0.291 e. The quantitative estimate of drug-likeness (QED) is 0.543. The summed E-state index contributed by atoms with van der Waals surface area (Å²) in [6.45, 7) is 3.96. The van der Waals surface area contributed by atoms with Crippen molar-refractivity contribution in [2.75, 3.05) is 31.5 Å². The van der Waals surface area contributed by atoms with E-state index < -0.39 is 0 Å². The lowest BCUT2D eigenvalue weighted by Crippen LogP contribution is -2.29. The van der Waals surface area contributed by atoms with Gasteiger partial charge in [0.15, 0.2) is 11.5 Å². The van der Waals surface area contributed by atoms with Crippen LogP contribution in [-0.2, 0) is 4.79 Å². The Morgan fingerprint density at radius 1 is 1.17 bits per heavy atom. The van der Waals surface area contributed by atoms with Gasteiger partial charge < -0.3 is 20.3 Å². The highest BCUT2D eigenvalue weighted by molar-refractivity contribution is 6.30. The molecule has 0 radical (unpaired) electrons. The van der Waals surface area contributed by atoms with Crippen LogP contribution in [0.1, 0.15) is 35.2 Å². The van der Waals surface area contributed by atoms with E-state index in [0.29, 0.717) is 28.6 Å². The van der Waals surface area contributed by atoms with E-state index in [1.54, 1.807) is 48.5 Å². The molecule has 0 unspecified atom stereocenters. The van der Waals surface area contributed by atoms with Crippen molar-refractivity contribution in [1.29, 1.82) is 0 Å². The molecule has 0 bridgehead atoms. The average molecular weight is 426 g/mol. The van der Waals surface area contributed by atoms with Gasteiger partial charge >= 0.3 is 0 Å². The highest BCUT2D eigenvalue weighted by Gasteiger charge is 2.23. The second-order valence-electron chi connectivity index (χ2n) is 7.49. The highest BCUT2D eigenvalue weighted by Crippen LogP contribution is 2.32. The molecule has 0 atom stereocenters. The van der Waals surface area contributed by atoms with Gasteiger partial charge in [-0.15, -0.1) is 0 Å². The molecule has 0 spiro atoms. The summed E-state index contributed by atoms with van der Waals surface area (Å²) < 4.78 is 5.75. The van der Waals surface area contributed by atoms with Gasteiger partial charge in [-0.3, -0.25) is 9.59 Å². The fourth-order valence-electron chi connectivity index (χ4n) is 3.62. The summed E-state index contributed by atoms with van der Waals surface area (Å²) in [6, 6.07) is 12.1. The predicted octanol–water partition coefficient (Wildman–Crippen LogP) is 3.93. The third kappa shape index (κ3) is 5.01. The monoisotopic (exact) mass is 425 g/mol. The Morgan fingerprint density at radius 2 is 1.93 bits per heavy atom. The van der Waals surface area contributed by atoms with Crippen LogP contribution in [0, 0.1) is 0 Å². The van der Waals surface area contributed by atoms with E-state index in [-0.39, 0.29) is 17.6 Å². The van der Waals surface area contributed by atoms with Crippen LogP contribution in [0.5, 0.6) is 5.75 Å². The molecule has 1 fully saturated rings. The van der Waals surface area contributed by atoms with Gasteiger partial charge in [0, 0.05) is 17.1 Å². The van der Waals surface area contributed by atoms with E-state index in [1.165, 1.54) is 12.8 Å². The van der Waals surface area contributed by atoms with Crippen molar-refractivity contribution in [2.45, 2.75) is 19.3 Å². The second-order valence-corrected chi connectivity index (χ2v) is 7.92. The van der Waals surface area contributed by atoms with Crippen molar-refractivity contribution in [3.8, 4) is 5.75 Å². The van der Waals surface area contributed by atoms with Crippen LogP contribution >= 0.6 is 11.6 Å². The molecule has 2 aromatic carbocycles. The summed E-state index contributed by atoms with van der Waals surface area (Å²) in [4.78, 5) is 27.3. The molecule has 156 valence electrons. The van der Waals surface area contributed by atoms with Gasteiger partial charge in [0.05, 0.1) is 5.69 Å². The van der Waals surface area contributed by atoms with Gasteiger partial charge in [0.2, 0.25) is 0 Å². The summed E-state index contributed by atoms with van der Waals surface area (Å²) in [7, 11) is 0. The molecule has 0 saturated carbocycles. The van der Waals surface area contributed by atoms with E-state index in [0.717, 1.165) is 31.6 Å². The summed E-state index contributed by atoms with van der Waals surface area (Å²) >= 11 is 5.89. The zero-order valence-corrected chi connectivity index (χ0v) is 17.4. The largest absolute Gasteiger partial charge is 0.449 e.